The molecule has 0 radical (unpaired) electrons. The van der Waals surface area contributed by atoms with Gasteiger partial charge in [-0.1, -0.05) is 54.1 Å². The Morgan fingerprint density at radius 3 is 2.55 bits per heavy atom. The van der Waals surface area contributed by atoms with Crippen LogP contribution >= 0.6 is 11.6 Å². The SMILES string of the molecule is COc1cc(C(=O)NCc2ccc(Cn3cncn3)cc2)ccc1OCc1ccccc1Cl. The number of halogens is 1. The van der Waals surface area contributed by atoms with Gasteiger partial charge in [-0.2, -0.15) is 5.10 Å². The highest BCUT2D eigenvalue weighted by Crippen LogP contribution is 2.29. The summed E-state index contributed by atoms with van der Waals surface area (Å²) >= 11 is 6.19. The summed E-state index contributed by atoms with van der Waals surface area (Å²) in [7, 11) is 1.54. The van der Waals surface area contributed by atoms with E-state index < -0.39 is 0 Å². The molecule has 1 aromatic heterocycles. The molecule has 0 saturated heterocycles. The zero-order valence-corrected chi connectivity index (χ0v) is 18.8. The van der Waals surface area contributed by atoms with Crippen molar-refractivity contribution < 1.29 is 14.3 Å². The number of nitrogens with one attached hydrogen (secondary N) is 1. The molecule has 1 N–H and O–H groups in total. The van der Waals surface area contributed by atoms with E-state index in [-0.39, 0.29) is 5.91 Å². The van der Waals surface area contributed by atoms with Crippen molar-refractivity contribution in [2.24, 2.45) is 0 Å². The summed E-state index contributed by atoms with van der Waals surface area (Å²) in [6.45, 7) is 1.36. The van der Waals surface area contributed by atoms with E-state index in [9.17, 15) is 4.79 Å². The molecule has 1 amide bonds. The standard InChI is InChI=1S/C25H23ClN4O3/c1-32-24-12-20(10-11-23(24)33-15-21-4-2-3-5-22(21)26)25(31)28-13-18-6-8-19(9-7-18)14-30-17-27-16-29-30/h2-12,16-17H,13-15H2,1H3,(H,28,31). The van der Waals surface area contributed by atoms with E-state index >= 15 is 0 Å². The number of nitrogens with zero attached hydrogens (tertiary/aromatic N) is 3. The van der Waals surface area contributed by atoms with E-state index in [2.05, 4.69) is 15.4 Å². The summed E-state index contributed by atoms with van der Waals surface area (Å²) in [5.74, 6) is 0.821. The van der Waals surface area contributed by atoms with Gasteiger partial charge < -0.3 is 14.8 Å². The molecule has 7 nitrogen and oxygen atoms in total. The van der Waals surface area contributed by atoms with Crippen molar-refractivity contribution in [2.75, 3.05) is 7.11 Å². The van der Waals surface area contributed by atoms with Crippen molar-refractivity contribution in [1.29, 1.82) is 0 Å². The Labute approximate surface area is 196 Å². The molecular formula is C25H23ClN4O3. The Bertz CT molecular complexity index is 1210. The van der Waals surface area contributed by atoms with Crippen molar-refractivity contribution in [3.8, 4) is 11.5 Å². The van der Waals surface area contributed by atoms with Crippen molar-refractivity contribution in [3.63, 3.8) is 0 Å². The average molecular weight is 463 g/mol. The highest BCUT2D eigenvalue weighted by atomic mass is 35.5. The Balaban J connectivity index is 1.34. The molecule has 4 rings (SSSR count). The van der Waals surface area contributed by atoms with Crippen molar-refractivity contribution in [1.82, 2.24) is 20.1 Å². The maximum atomic E-state index is 12.7. The Hall–Kier alpha value is -3.84. The minimum absolute atomic E-state index is 0.197. The molecule has 3 aromatic carbocycles. The van der Waals surface area contributed by atoms with Gasteiger partial charge in [-0.05, 0) is 35.4 Å². The highest BCUT2D eigenvalue weighted by Gasteiger charge is 2.12. The Kier molecular flexibility index (Phi) is 7.22. The van der Waals surface area contributed by atoms with Crippen LogP contribution in [0.5, 0.6) is 11.5 Å². The molecule has 0 atom stereocenters. The third kappa shape index (κ3) is 5.90. The molecule has 0 aliphatic carbocycles. The fourth-order valence-corrected chi connectivity index (χ4v) is 3.44. The lowest BCUT2D eigenvalue weighted by molar-refractivity contribution is 0.0950. The second kappa shape index (κ2) is 10.7. The zero-order valence-electron chi connectivity index (χ0n) is 18.1. The summed E-state index contributed by atoms with van der Waals surface area (Å²) in [5.41, 5.74) is 3.46. The molecule has 33 heavy (non-hydrogen) atoms. The summed E-state index contributed by atoms with van der Waals surface area (Å²) in [4.78, 5) is 16.6. The van der Waals surface area contributed by atoms with E-state index in [1.807, 2.05) is 48.5 Å². The first-order valence-corrected chi connectivity index (χ1v) is 10.7. The van der Waals surface area contributed by atoms with Gasteiger partial charge >= 0.3 is 0 Å². The molecule has 0 saturated carbocycles. The van der Waals surface area contributed by atoms with Crippen molar-refractivity contribution in [3.05, 3.63) is 107 Å². The quantitative estimate of drug-likeness (QED) is 0.396. The third-order valence-electron chi connectivity index (χ3n) is 5.05. The van der Waals surface area contributed by atoms with Crippen LogP contribution in [-0.2, 0) is 19.7 Å². The number of methoxy groups -OCH3 is 1. The number of hydrogen-bond acceptors (Lipinski definition) is 5. The average Bonchev–Trinajstić information content (AvgIpc) is 3.36. The normalized spacial score (nSPS) is 10.6. The van der Waals surface area contributed by atoms with Gasteiger partial charge in [0.05, 0.1) is 13.7 Å². The van der Waals surface area contributed by atoms with E-state index in [4.69, 9.17) is 21.1 Å². The van der Waals surface area contributed by atoms with Crippen LogP contribution in [0.2, 0.25) is 5.02 Å². The molecule has 0 fully saturated rings. The summed E-state index contributed by atoms with van der Waals surface area (Å²) < 4.78 is 13.0. The van der Waals surface area contributed by atoms with E-state index in [1.54, 1.807) is 36.3 Å². The van der Waals surface area contributed by atoms with Crippen LogP contribution in [0, 0.1) is 0 Å². The van der Waals surface area contributed by atoms with Gasteiger partial charge in [-0.25, -0.2) is 9.67 Å². The third-order valence-corrected chi connectivity index (χ3v) is 5.42. The largest absolute Gasteiger partial charge is 0.493 e. The molecule has 0 bridgehead atoms. The second-order valence-corrected chi connectivity index (χ2v) is 7.75. The van der Waals surface area contributed by atoms with Gasteiger partial charge in [0.25, 0.3) is 5.91 Å². The number of aromatic nitrogens is 3. The number of carbonyl (C=O) groups is 1. The first-order chi connectivity index (χ1) is 16.1. The smallest absolute Gasteiger partial charge is 0.251 e. The molecule has 0 aliphatic heterocycles. The monoisotopic (exact) mass is 462 g/mol. The summed E-state index contributed by atoms with van der Waals surface area (Å²) in [5, 5.41) is 7.68. The van der Waals surface area contributed by atoms with Crippen LogP contribution in [0.1, 0.15) is 27.0 Å². The summed E-state index contributed by atoms with van der Waals surface area (Å²) in [6, 6.07) is 20.6. The van der Waals surface area contributed by atoms with E-state index in [1.165, 1.54) is 6.33 Å². The van der Waals surface area contributed by atoms with Crippen LogP contribution in [0.3, 0.4) is 0 Å². The van der Waals surface area contributed by atoms with Gasteiger partial charge in [-0.15, -0.1) is 0 Å². The minimum atomic E-state index is -0.197. The van der Waals surface area contributed by atoms with Crippen LogP contribution in [0.25, 0.3) is 0 Å². The molecule has 0 spiro atoms. The van der Waals surface area contributed by atoms with Gasteiger partial charge in [-0.3, -0.25) is 4.79 Å². The lowest BCUT2D eigenvalue weighted by Gasteiger charge is -2.13. The Morgan fingerprint density at radius 2 is 1.82 bits per heavy atom. The fraction of sp³-hybridized carbons (Fsp3) is 0.160. The highest BCUT2D eigenvalue weighted by molar-refractivity contribution is 6.31. The number of amides is 1. The fourth-order valence-electron chi connectivity index (χ4n) is 3.25. The number of hydrogen-bond donors (Lipinski definition) is 1. The van der Waals surface area contributed by atoms with Gasteiger partial charge in [0.15, 0.2) is 11.5 Å². The molecule has 4 aromatic rings. The van der Waals surface area contributed by atoms with Crippen molar-refractivity contribution in [2.45, 2.75) is 19.7 Å². The lowest BCUT2D eigenvalue weighted by Crippen LogP contribution is -2.22. The number of ether oxygens (including phenoxy) is 2. The molecule has 1 heterocycles. The van der Waals surface area contributed by atoms with Crippen LogP contribution in [0.15, 0.2) is 79.4 Å². The summed E-state index contributed by atoms with van der Waals surface area (Å²) in [6.07, 6.45) is 3.19. The number of benzene rings is 3. The first kappa shape index (κ1) is 22.4. The first-order valence-electron chi connectivity index (χ1n) is 10.3. The van der Waals surface area contributed by atoms with Crippen LogP contribution < -0.4 is 14.8 Å². The lowest BCUT2D eigenvalue weighted by atomic mass is 10.1. The van der Waals surface area contributed by atoms with E-state index in [0.29, 0.717) is 41.8 Å². The second-order valence-electron chi connectivity index (χ2n) is 7.34. The minimum Gasteiger partial charge on any atom is -0.493 e. The van der Waals surface area contributed by atoms with E-state index in [0.717, 1.165) is 16.7 Å². The van der Waals surface area contributed by atoms with Gasteiger partial charge in [0.2, 0.25) is 0 Å². The van der Waals surface area contributed by atoms with Gasteiger partial charge in [0, 0.05) is 22.7 Å². The van der Waals surface area contributed by atoms with Crippen LogP contribution in [0.4, 0.5) is 0 Å². The van der Waals surface area contributed by atoms with Crippen molar-refractivity contribution >= 4 is 17.5 Å². The molecular weight excluding hydrogens is 440 g/mol. The number of carbonyl (C=O) groups excluding carboxylic acids is 1. The molecule has 0 unspecified atom stereocenters. The predicted molar refractivity (Wildman–Crippen MR) is 126 cm³/mol. The molecule has 8 heteroatoms. The molecule has 0 aliphatic rings. The topological polar surface area (TPSA) is 78.3 Å². The van der Waals surface area contributed by atoms with Crippen LogP contribution in [-0.4, -0.2) is 27.8 Å². The molecule has 168 valence electrons. The van der Waals surface area contributed by atoms with Gasteiger partial charge in [0.1, 0.15) is 19.3 Å². The Morgan fingerprint density at radius 1 is 1.03 bits per heavy atom. The number of rotatable bonds is 9. The maximum absolute atomic E-state index is 12.7. The predicted octanol–water partition coefficient (Wildman–Crippen LogP) is 4.50. The maximum Gasteiger partial charge on any atom is 0.251 e. The zero-order chi connectivity index (χ0) is 23.0.